The standard InChI is InChI=1S/C18H22N2O2S/c1-2-9-19-17(21)13-7-10-20(11-8-13)18(22)16-12-14-5-3-4-6-15(14)23-16/h3-6,12-13H,2,7-11H2,1H3,(H,19,21). The number of thiophene rings is 1. The van der Waals surface area contributed by atoms with Crippen LogP contribution in [0.5, 0.6) is 0 Å². The summed E-state index contributed by atoms with van der Waals surface area (Å²) >= 11 is 1.55. The van der Waals surface area contributed by atoms with Crippen LogP contribution in [0.15, 0.2) is 30.3 Å². The van der Waals surface area contributed by atoms with Gasteiger partial charge < -0.3 is 10.2 Å². The molecule has 122 valence electrons. The first-order valence-corrected chi connectivity index (χ1v) is 9.06. The molecule has 1 aliphatic heterocycles. The van der Waals surface area contributed by atoms with Gasteiger partial charge >= 0.3 is 0 Å². The van der Waals surface area contributed by atoms with E-state index < -0.39 is 0 Å². The minimum absolute atomic E-state index is 0.0491. The molecule has 1 aliphatic rings. The van der Waals surface area contributed by atoms with Crippen molar-refractivity contribution in [2.24, 2.45) is 5.92 Å². The quantitative estimate of drug-likeness (QED) is 0.935. The van der Waals surface area contributed by atoms with E-state index in [1.54, 1.807) is 11.3 Å². The molecule has 1 aromatic heterocycles. The highest BCUT2D eigenvalue weighted by atomic mass is 32.1. The maximum absolute atomic E-state index is 12.7. The van der Waals surface area contributed by atoms with Gasteiger partial charge in [-0.2, -0.15) is 0 Å². The van der Waals surface area contributed by atoms with Crippen molar-refractivity contribution in [3.8, 4) is 0 Å². The molecule has 3 rings (SSSR count). The first-order chi connectivity index (χ1) is 11.2. The maximum atomic E-state index is 12.7. The molecule has 0 spiro atoms. The molecule has 1 N–H and O–H groups in total. The van der Waals surface area contributed by atoms with E-state index in [9.17, 15) is 9.59 Å². The molecule has 23 heavy (non-hydrogen) atoms. The van der Waals surface area contributed by atoms with Crippen LogP contribution in [0.2, 0.25) is 0 Å². The minimum Gasteiger partial charge on any atom is -0.356 e. The molecule has 2 aromatic rings. The molecule has 1 saturated heterocycles. The second kappa shape index (κ2) is 7.13. The lowest BCUT2D eigenvalue weighted by Gasteiger charge is -2.31. The SMILES string of the molecule is CCCNC(=O)C1CCN(C(=O)c2cc3ccccc3s2)CC1. The highest BCUT2D eigenvalue weighted by Crippen LogP contribution is 2.27. The summed E-state index contributed by atoms with van der Waals surface area (Å²) in [7, 11) is 0. The predicted octanol–water partition coefficient (Wildman–Crippen LogP) is 3.28. The smallest absolute Gasteiger partial charge is 0.263 e. The molecule has 4 nitrogen and oxygen atoms in total. The number of nitrogens with one attached hydrogen (secondary N) is 1. The van der Waals surface area contributed by atoms with E-state index >= 15 is 0 Å². The lowest BCUT2D eigenvalue weighted by molar-refractivity contribution is -0.126. The molecule has 0 aliphatic carbocycles. The number of hydrogen-bond acceptors (Lipinski definition) is 3. The second-order valence-electron chi connectivity index (χ2n) is 6.01. The number of likely N-dealkylation sites (tertiary alicyclic amines) is 1. The van der Waals surface area contributed by atoms with Gasteiger partial charge in [-0.3, -0.25) is 9.59 Å². The van der Waals surface area contributed by atoms with Crippen LogP contribution >= 0.6 is 11.3 Å². The molecule has 1 fully saturated rings. The number of hydrogen-bond donors (Lipinski definition) is 1. The molecule has 0 radical (unpaired) electrons. The van der Waals surface area contributed by atoms with E-state index in [0.29, 0.717) is 13.1 Å². The number of rotatable bonds is 4. The molecule has 0 bridgehead atoms. The Hall–Kier alpha value is -1.88. The third-order valence-electron chi connectivity index (χ3n) is 4.34. The Labute approximate surface area is 140 Å². The van der Waals surface area contributed by atoms with Crippen LogP contribution < -0.4 is 5.32 Å². The minimum atomic E-state index is 0.0491. The van der Waals surface area contributed by atoms with Crippen molar-refractivity contribution in [1.29, 1.82) is 0 Å². The van der Waals surface area contributed by atoms with E-state index in [0.717, 1.165) is 40.8 Å². The Morgan fingerprint density at radius 1 is 1.26 bits per heavy atom. The molecule has 2 amide bonds. The van der Waals surface area contributed by atoms with E-state index in [2.05, 4.69) is 5.32 Å². The van der Waals surface area contributed by atoms with Crippen molar-refractivity contribution >= 4 is 33.2 Å². The molecule has 0 atom stereocenters. The molecule has 0 unspecified atom stereocenters. The first kappa shape index (κ1) is 16.0. The average Bonchev–Trinajstić information content (AvgIpc) is 3.03. The van der Waals surface area contributed by atoms with Crippen LogP contribution in [0.25, 0.3) is 10.1 Å². The normalized spacial score (nSPS) is 15.8. The molecule has 2 heterocycles. The van der Waals surface area contributed by atoms with Gasteiger partial charge in [0.05, 0.1) is 4.88 Å². The lowest BCUT2D eigenvalue weighted by Crippen LogP contribution is -2.43. The highest BCUT2D eigenvalue weighted by molar-refractivity contribution is 7.20. The zero-order valence-corrected chi connectivity index (χ0v) is 14.2. The van der Waals surface area contributed by atoms with Crippen molar-refractivity contribution in [1.82, 2.24) is 10.2 Å². The Morgan fingerprint density at radius 2 is 2.00 bits per heavy atom. The van der Waals surface area contributed by atoms with Crippen LogP contribution in [-0.2, 0) is 4.79 Å². The summed E-state index contributed by atoms with van der Waals surface area (Å²) in [5, 5.41) is 4.08. The van der Waals surface area contributed by atoms with Crippen molar-refractivity contribution in [3.05, 3.63) is 35.2 Å². The van der Waals surface area contributed by atoms with E-state index in [-0.39, 0.29) is 17.7 Å². The van der Waals surface area contributed by atoms with Gasteiger partial charge in [-0.1, -0.05) is 25.1 Å². The average molecular weight is 330 g/mol. The molecular weight excluding hydrogens is 308 g/mol. The summed E-state index contributed by atoms with van der Waals surface area (Å²) in [4.78, 5) is 27.3. The van der Waals surface area contributed by atoms with Crippen LogP contribution in [0.1, 0.15) is 35.9 Å². The van der Waals surface area contributed by atoms with Crippen molar-refractivity contribution in [2.45, 2.75) is 26.2 Å². The van der Waals surface area contributed by atoms with E-state index in [1.807, 2.05) is 42.2 Å². The van der Waals surface area contributed by atoms with Crippen LogP contribution in [0, 0.1) is 5.92 Å². The summed E-state index contributed by atoms with van der Waals surface area (Å²) in [5.41, 5.74) is 0. The monoisotopic (exact) mass is 330 g/mol. The first-order valence-electron chi connectivity index (χ1n) is 8.24. The zero-order chi connectivity index (χ0) is 16.2. The predicted molar refractivity (Wildman–Crippen MR) is 93.8 cm³/mol. The summed E-state index contributed by atoms with van der Waals surface area (Å²) in [6.45, 7) is 4.11. The largest absolute Gasteiger partial charge is 0.356 e. The zero-order valence-electron chi connectivity index (χ0n) is 13.4. The van der Waals surface area contributed by atoms with Gasteiger partial charge in [-0.25, -0.2) is 0 Å². The fourth-order valence-electron chi connectivity index (χ4n) is 2.98. The molecule has 0 saturated carbocycles. The third kappa shape index (κ3) is 3.55. The number of piperidine rings is 1. The van der Waals surface area contributed by atoms with Gasteiger partial charge in [0.15, 0.2) is 0 Å². The Bertz CT molecular complexity index is 669. The van der Waals surface area contributed by atoms with Crippen molar-refractivity contribution in [2.75, 3.05) is 19.6 Å². The number of nitrogens with zero attached hydrogens (tertiary/aromatic N) is 1. The Morgan fingerprint density at radius 3 is 2.70 bits per heavy atom. The number of carbonyl (C=O) groups excluding carboxylic acids is 2. The van der Waals surface area contributed by atoms with E-state index in [4.69, 9.17) is 0 Å². The summed E-state index contributed by atoms with van der Waals surface area (Å²) in [6.07, 6.45) is 2.47. The van der Waals surface area contributed by atoms with Crippen LogP contribution in [0.4, 0.5) is 0 Å². The summed E-state index contributed by atoms with van der Waals surface area (Å²) in [5.74, 6) is 0.285. The summed E-state index contributed by atoms with van der Waals surface area (Å²) in [6, 6.07) is 10.0. The van der Waals surface area contributed by atoms with E-state index in [1.165, 1.54) is 0 Å². The molecule has 5 heteroatoms. The second-order valence-corrected chi connectivity index (χ2v) is 7.09. The highest BCUT2D eigenvalue weighted by Gasteiger charge is 2.28. The van der Waals surface area contributed by atoms with Gasteiger partial charge in [0.25, 0.3) is 5.91 Å². The molecular formula is C18H22N2O2S. The van der Waals surface area contributed by atoms with Crippen LogP contribution in [0.3, 0.4) is 0 Å². The van der Waals surface area contributed by atoms with Gasteiger partial charge in [-0.15, -0.1) is 11.3 Å². The lowest BCUT2D eigenvalue weighted by atomic mass is 9.95. The number of carbonyl (C=O) groups is 2. The van der Waals surface area contributed by atoms with Gasteiger partial charge in [0.2, 0.25) is 5.91 Å². The summed E-state index contributed by atoms with van der Waals surface area (Å²) < 4.78 is 1.14. The van der Waals surface area contributed by atoms with Crippen molar-refractivity contribution in [3.63, 3.8) is 0 Å². The van der Waals surface area contributed by atoms with Gasteiger partial charge in [0, 0.05) is 30.3 Å². The number of amides is 2. The number of benzene rings is 1. The topological polar surface area (TPSA) is 49.4 Å². The fraction of sp³-hybridized carbons (Fsp3) is 0.444. The number of fused-ring (bicyclic) bond motifs is 1. The van der Waals surface area contributed by atoms with Crippen molar-refractivity contribution < 1.29 is 9.59 Å². The third-order valence-corrected chi connectivity index (χ3v) is 5.44. The Balaban J connectivity index is 1.61. The molecule has 1 aromatic carbocycles. The van der Waals surface area contributed by atoms with Crippen LogP contribution in [-0.4, -0.2) is 36.3 Å². The van der Waals surface area contributed by atoms with Gasteiger partial charge in [-0.05, 0) is 36.8 Å². The van der Waals surface area contributed by atoms with Gasteiger partial charge in [0.1, 0.15) is 0 Å². The maximum Gasteiger partial charge on any atom is 0.263 e. The fourth-order valence-corrected chi connectivity index (χ4v) is 4.01. The Kier molecular flexibility index (Phi) is 4.96.